The first kappa shape index (κ1) is 14.7. The van der Waals surface area contributed by atoms with E-state index in [-0.39, 0.29) is 5.91 Å². The molecular weight excluding hydrogens is 349 g/mol. The summed E-state index contributed by atoms with van der Waals surface area (Å²) in [6, 6.07) is 11.7. The van der Waals surface area contributed by atoms with Gasteiger partial charge in [0.25, 0.3) is 5.91 Å². The van der Waals surface area contributed by atoms with Gasteiger partial charge in [0, 0.05) is 11.5 Å². The number of rotatable bonds is 3. The molecule has 1 amide bonds. The molecule has 0 aliphatic heterocycles. The van der Waals surface area contributed by atoms with Crippen LogP contribution in [-0.2, 0) is 13.6 Å². The summed E-state index contributed by atoms with van der Waals surface area (Å²) in [6.45, 7) is 0.299. The minimum Gasteiger partial charge on any atom is -0.345 e. The molecule has 4 nitrogen and oxygen atoms in total. The van der Waals surface area contributed by atoms with Crippen molar-refractivity contribution in [2.45, 2.75) is 6.54 Å². The van der Waals surface area contributed by atoms with Crippen molar-refractivity contribution in [2.75, 3.05) is 0 Å². The third kappa shape index (κ3) is 2.74. The maximum Gasteiger partial charge on any atom is 0.252 e. The molecule has 0 fully saturated rings. The summed E-state index contributed by atoms with van der Waals surface area (Å²) in [4.78, 5) is 16.7. The molecule has 22 heavy (non-hydrogen) atoms. The molecule has 1 N–H and O–H groups in total. The number of para-hydroxylation sites is 2. The molecule has 0 saturated carbocycles. The van der Waals surface area contributed by atoms with Gasteiger partial charge in [-0.25, -0.2) is 9.37 Å². The molecular formula is C16H13BrFN3O. The minimum absolute atomic E-state index is 0.279. The van der Waals surface area contributed by atoms with Crippen molar-refractivity contribution < 1.29 is 9.18 Å². The number of nitrogens with one attached hydrogen (secondary N) is 1. The summed E-state index contributed by atoms with van der Waals surface area (Å²) < 4.78 is 15.4. The van der Waals surface area contributed by atoms with Crippen LogP contribution in [0, 0.1) is 5.82 Å². The molecule has 1 heterocycles. The number of nitrogens with zero attached hydrogens (tertiary/aromatic N) is 2. The van der Waals surface area contributed by atoms with E-state index in [9.17, 15) is 9.18 Å². The number of hydrogen-bond acceptors (Lipinski definition) is 2. The highest BCUT2D eigenvalue weighted by atomic mass is 79.9. The summed E-state index contributed by atoms with van der Waals surface area (Å²) >= 11 is 3.19. The van der Waals surface area contributed by atoms with Crippen molar-refractivity contribution in [3.8, 4) is 0 Å². The number of imidazole rings is 1. The lowest BCUT2D eigenvalue weighted by Gasteiger charge is -2.07. The van der Waals surface area contributed by atoms with Gasteiger partial charge in [0.05, 0.1) is 23.1 Å². The summed E-state index contributed by atoms with van der Waals surface area (Å²) in [5, 5.41) is 2.80. The van der Waals surface area contributed by atoms with Gasteiger partial charge >= 0.3 is 0 Å². The van der Waals surface area contributed by atoms with Gasteiger partial charge in [-0.2, -0.15) is 0 Å². The fraction of sp³-hybridized carbons (Fsp3) is 0.125. The van der Waals surface area contributed by atoms with Crippen LogP contribution in [0.25, 0.3) is 11.0 Å². The number of amides is 1. The summed E-state index contributed by atoms with van der Waals surface area (Å²) in [6.07, 6.45) is 0. The summed E-state index contributed by atoms with van der Waals surface area (Å²) in [5.74, 6) is 0.0884. The monoisotopic (exact) mass is 361 g/mol. The fourth-order valence-electron chi connectivity index (χ4n) is 2.28. The van der Waals surface area contributed by atoms with Crippen LogP contribution in [-0.4, -0.2) is 15.5 Å². The highest BCUT2D eigenvalue weighted by Gasteiger charge is 2.12. The molecule has 0 unspecified atom stereocenters. The maximum atomic E-state index is 13.1. The van der Waals surface area contributed by atoms with Gasteiger partial charge < -0.3 is 9.88 Å². The van der Waals surface area contributed by atoms with Gasteiger partial charge in [-0.3, -0.25) is 4.79 Å². The standard InChI is InChI=1S/C16H13BrFN3O/c1-21-14-5-3-2-4-13(14)20-15(21)9-19-16(22)11-7-6-10(18)8-12(11)17/h2-8H,9H2,1H3,(H,19,22). The normalized spacial score (nSPS) is 10.9. The molecule has 1 aromatic heterocycles. The molecule has 0 aliphatic carbocycles. The number of aromatic nitrogens is 2. The third-order valence-corrected chi connectivity index (χ3v) is 4.12. The average Bonchev–Trinajstić information content (AvgIpc) is 2.82. The van der Waals surface area contributed by atoms with Gasteiger partial charge in [-0.15, -0.1) is 0 Å². The SMILES string of the molecule is Cn1c(CNC(=O)c2ccc(F)cc2Br)nc2ccccc21. The Bertz CT molecular complexity index is 860. The topological polar surface area (TPSA) is 46.9 Å². The third-order valence-electron chi connectivity index (χ3n) is 3.46. The molecule has 2 aromatic carbocycles. The van der Waals surface area contributed by atoms with E-state index in [2.05, 4.69) is 26.2 Å². The van der Waals surface area contributed by atoms with Crippen molar-refractivity contribution in [3.63, 3.8) is 0 Å². The number of fused-ring (bicyclic) bond motifs is 1. The van der Waals surface area contributed by atoms with E-state index in [1.54, 1.807) is 0 Å². The van der Waals surface area contributed by atoms with E-state index >= 15 is 0 Å². The predicted octanol–water partition coefficient (Wildman–Crippen LogP) is 3.40. The highest BCUT2D eigenvalue weighted by Crippen LogP contribution is 2.18. The molecule has 6 heteroatoms. The van der Waals surface area contributed by atoms with Crippen molar-refractivity contribution in [3.05, 3.63) is 64.1 Å². The molecule has 0 radical (unpaired) electrons. The zero-order valence-corrected chi connectivity index (χ0v) is 13.4. The molecule has 0 spiro atoms. The van der Waals surface area contributed by atoms with Gasteiger partial charge in [-0.1, -0.05) is 12.1 Å². The lowest BCUT2D eigenvalue weighted by atomic mass is 10.2. The van der Waals surface area contributed by atoms with E-state index in [1.807, 2.05) is 35.9 Å². The Hall–Kier alpha value is -2.21. The van der Waals surface area contributed by atoms with Crippen LogP contribution >= 0.6 is 15.9 Å². The smallest absolute Gasteiger partial charge is 0.252 e. The van der Waals surface area contributed by atoms with Crippen LogP contribution in [0.2, 0.25) is 0 Å². The van der Waals surface area contributed by atoms with Crippen LogP contribution in [0.15, 0.2) is 46.9 Å². The lowest BCUT2D eigenvalue weighted by molar-refractivity contribution is 0.0949. The molecule has 3 aromatic rings. The average molecular weight is 362 g/mol. The zero-order valence-electron chi connectivity index (χ0n) is 11.8. The van der Waals surface area contributed by atoms with Gasteiger partial charge in [0.2, 0.25) is 0 Å². The molecule has 0 atom stereocenters. The van der Waals surface area contributed by atoms with E-state index < -0.39 is 5.82 Å². The van der Waals surface area contributed by atoms with Crippen molar-refractivity contribution in [1.82, 2.24) is 14.9 Å². The first-order valence-corrected chi connectivity index (χ1v) is 7.49. The fourth-order valence-corrected chi connectivity index (χ4v) is 2.81. The number of aryl methyl sites for hydroxylation is 1. The Labute approximate surface area is 135 Å². The molecule has 3 rings (SSSR count). The second-order valence-corrected chi connectivity index (χ2v) is 5.74. The van der Waals surface area contributed by atoms with Crippen molar-refractivity contribution >= 4 is 32.9 Å². The molecule has 0 bridgehead atoms. The Morgan fingerprint density at radius 1 is 1.32 bits per heavy atom. The van der Waals surface area contributed by atoms with E-state index in [0.717, 1.165) is 16.9 Å². The van der Waals surface area contributed by atoms with Crippen LogP contribution in [0.5, 0.6) is 0 Å². The minimum atomic E-state index is -0.390. The predicted molar refractivity (Wildman–Crippen MR) is 86.0 cm³/mol. The van der Waals surface area contributed by atoms with E-state index in [0.29, 0.717) is 16.6 Å². The number of hydrogen-bond donors (Lipinski definition) is 1. The molecule has 0 aliphatic rings. The number of carbonyl (C=O) groups is 1. The largest absolute Gasteiger partial charge is 0.345 e. The van der Waals surface area contributed by atoms with Gasteiger partial charge in [-0.05, 0) is 46.3 Å². The van der Waals surface area contributed by atoms with Gasteiger partial charge in [0.1, 0.15) is 11.6 Å². The lowest BCUT2D eigenvalue weighted by Crippen LogP contribution is -2.24. The van der Waals surface area contributed by atoms with Crippen LogP contribution in [0.1, 0.15) is 16.2 Å². The van der Waals surface area contributed by atoms with Gasteiger partial charge in [0.15, 0.2) is 0 Å². The van der Waals surface area contributed by atoms with Crippen molar-refractivity contribution in [2.24, 2.45) is 7.05 Å². The van der Waals surface area contributed by atoms with Crippen molar-refractivity contribution in [1.29, 1.82) is 0 Å². The van der Waals surface area contributed by atoms with Crippen LogP contribution in [0.4, 0.5) is 4.39 Å². The number of carbonyl (C=O) groups excluding carboxylic acids is 1. The Morgan fingerprint density at radius 2 is 2.09 bits per heavy atom. The van der Waals surface area contributed by atoms with Crippen LogP contribution in [0.3, 0.4) is 0 Å². The quantitative estimate of drug-likeness (QED) is 0.776. The second-order valence-electron chi connectivity index (χ2n) is 4.88. The summed E-state index contributed by atoms with van der Waals surface area (Å²) in [7, 11) is 1.91. The second kappa shape index (κ2) is 5.88. The number of halogens is 2. The van der Waals surface area contributed by atoms with E-state index in [1.165, 1.54) is 18.2 Å². The maximum absolute atomic E-state index is 13.1. The first-order chi connectivity index (χ1) is 10.6. The molecule has 0 saturated heterocycles. The highest BCUT2D eigenvalue weighted by molar-refractivity contribution is 9.10. The van der Waals surface area contributed by atoms with Crippen LogP contribution < -0.4 is 5.32 Å². The summed E-state index contributed by atoms with van der Waals surface area (Å²) in [5.41, 5.74) is 2.28. The number of benzene rings is 2. The first-order valence-electron chi connectivity index (χ1n) is 6.70. The van der Waals surface area contributed by atoms with E-state index in [4.69, 9.17) is 0 Å². The Kier molecular flexibility index (Phi) is 3.94. The Balaban J connectivity index is 1.79. The molecule has 112 valence electrons. The zero-order chi connectivity index (χ0) is 15.7. The Morgan fingerprint density at radius 3 is 2.82 bits per heavy atom.